The van der Waals surface area contributed by atoms with Crippen LogP contribution in [-0.4, -0.2) is 46.1 Å². The van der Waals surface area contributed by atoms with E-state index in [2.05, 4.69) is 5.32 Å². The van der Waals surface area contributed by atoms with Gasteiger partial charge in [0.25, 0.3) is 0 Å². The van der Waals surface area contributed by atoms with Crippen LogP contribution in [0.3, 0.4) is 0 Å². The van der Waals surface area contributed by atoms with Gasteiger partial charge in [-0.1, -0.05) is 25.0 Å². The molecule has 8 heteroatoms. The molecule has 1 saturated carbocycles. The maximum absolute atomic E-state index is 12.4. The summed E-state index contributed by atoms with van der Waals surface area (Å²) in [5, 5.41) is 11.5. The largest absolute Gasteiger partial charge is 0.334 e. The molecule has 1 aromatic rings. The molecule has 1 saturated heterocycles. The van der Waals surface area contributed by atoms with Crippen molar-refractivity contribution in [3.8, 4) is 6.07 Å². The van der Waals surface area contributed by atoms with Gasteiger partial charge in [0.15, 0.2) is 0 Å². The topological polar surface area (TPSA) is 111 Å². The van der Waals surface area contributed by atoms with E-state index >= 15 is 0 Å². The quantitative estimate of drug-likeness (QED) is 0.655. The molecule has 3 rings (SSSR count). The van der Waals surface area contributed by atoms with E-state index in [0.717, 1.165) is 17.7 Å². The Kier molecular flexibility index (Phi) is 4.48. The third-order valence-electron chi connectivity index (χ3n) is 4.40. The summed E-state index contributed by atoms with van der Waals surface area (Å²) in [6.45, 7) is -0.563. The molecule has 0 spiro atoms. The van der Waals surface area contributed by atoms with E-state index in [1.54, 1.807) is 18.2 Å². The molecule has 8 nitrogen and oxygen atoms in total. The number of amides is 5. The molecule has 0 unspecified atom stereocenters. The van der Waals surface area contributed by atoms with Crippen LogP contribution in [0.25, 0.3) is 0 Å². The van der Waals surface area contributed by atoms with Crippen molar-refractivity contribution in [2.24, 2.45) is 0 Å². The van der Waals surface area contributed by atoms with Crippen molar-refractivity contribution in [2.45, 2.75) is 31.7 Å². The predicted octanol–water partition coefficient (Wildman–Crippen LogP) is 1.23. The number of imide groups is 2. The van der Waals surface area contributed by atoms with Crippen LogP contribution in [0.2, 0.25) is 0 Å². The van der Waals surface area contributed by atoms with Gasteiger partial charge < -0.3 is 5.32 Å². The van der Waals surface area contributed by atoms with Crippen molar-refractivity contribution in [3.63, 3.8) is 0 Å². The Bertz CT molecular complexity index is 792. The van der Waals surface area contributed by atoms with Crippen LogP contribution < -0.4 is 5.32 Å². The van der Waals surface area contributed by atoms with Crippen LogP contribution in [0, 0.1) is 11.3 Å². The first-order chi connectivity index (χ1) is 12.0. The Morgan fingerprint density at radius 1 is 1.16 bits per heavy atom. The molecule has 0 radical (unpaired) electrons. The number of hydrogen-bond donors (Lipinski definition) is 1. The Morgan fingerprint density at radius 2 is 1.84 bits per heavy atom. The number of nitriles is 1. The van der Waals surface area contributed by atoms with Crippen molar-refractivity contribution in [2.75, 3.05) is 11.9 Å². The van der Waals surface area contributed by atoms with Crippen LogP contribution in [0.15, 0.2) is 24.3 Å². The Hall–Kier alpha value is -3.21. The van der Waals surface area contributed by atoms with Gasteiger partial charge in [0, 0.05) is 6.04 Å². The van der Waals surface area contributed by atoms with E-state index in [1.165, 1.54) is 6.07 Å². The average Bonchev–Trinajstić information content (AvgIpc) is 3.19. The highest BCUT2D eigenvalue weighted by Crippen LogP contribution is 2.27. The fourth-order valence-electron chi connectivity index (χ4n) is 3.17. The third-order valence-corrected chi connectivity index (χ3v) is 4.40. The molecule has 0 bridgehead atoms. The van der Waals surface area contributed by atoms with Crippen LogP contribution in [0.1, 0.15) is 31.2 Å². The molecule has 128 valence electrons. The van der Waals surface area contributed by atoms with Gasteiger partial charge in [0.1, 0.15) is 12.6 Å². The summed E-state index contributed by atoms with van der Waals surface area (Å²) in [5.41, 5.74) is 0.548. The highest BCUT2D eigenvalue weighted by molar-refractivity contribution is 6.45. The highest BCUT2D eigenvalue weighted by atomic mass is 16.2. The number of carbonyl (C=O) groups excluding carboxylic acids is 4. The average molecular weight is 340 g/mol. The molecule has 0 atom stereocenters. The second-order valence-corrected chi connectivity index (χ2v) is 5.99. The molecule has 1 aromatic carbocycles. The number of rotatable bonds is 4. The standard InChI is InChI=1S/C17H16N4O4/c18-9-11-5-1-4-8-13(11)19-14(22)10-20-15(23)16(24)21(17(20)25)12-6-2-3-7-12/h1,4-5,8,12H,2-3,6-7,10H2,(H,19,22). The maximum atomic E-state index is 12.4. The predicted molar refractivity (Wildman–Crippen MR) is 86.0 cm³/mol. The number of nitrogens with one attached hydrogen (secondary N) is 1. The molecule has 1 aliphatic carbocycles. The minimum absolute atomic E-state index is 0.263. The van der Waals surface area contributed by atoms with E-state index in [9.17, 15) is 19.2 Å². The van der Waals surface area contributed by atoms with Crippen LogP contribution >= 0.6 is 0 Å². The third kappa shape index (κ3) is 3.08. The second-order valence-electron chi connectivity index (χ2n) is 5.99. The zero-order valence-electron chi connectivity index (χ0n) is 13.4. The summed E-state index contributed by atoms with van der Waals surface area (Å²) in [6, 6.07) is 7.30. The summed E-state index contributed by atoms with van der Waals surface area (Å²) >= 11 is 0. The molecule has 0 aromatic heterocycles. The molecule has 1 heterocycles. The van der Waals surface area contributed by atoms with Crippen molar-refractivity contribution in [1.82, 2.24) is 9.80 Å². The zero-order chi connectivity index (χ0) is 18.0. The van der Waals surface area contributed by atoms with Crippen LogP contribution in [-0.2, 0) is 14.4 Å². The number of anilines is 1. The number of para-hydroxylation sites is 1. The lowest BCUT2D eigenvalue weighted by molar-refractivity contribution is -0.144. The Balaban J connectivity index is 1.71. The van der Waals surface area contributed by atoms with Crippen molar-refractivity contribution in [1.29, 1.82) is 5.26 Å². The Morgan fingerprint density at radius 3 is 2.52 bits per heavy atom. The lowest BCUT2D eigenvalue weighted by Gasteiger charge is -2.20. The van der Waals surface area contributed by atoms with Crippen molar-refractivity contribution < 1.29 is 19.2 Å². The summed E-state index contributed by atoms with van der Waals surface area (Å²) in [5.74, 6) is -2.51. The number of benzene rings is 1. The van der Waals surface area contributed by atoms with Gasteiger partial charge >= 0.3 is 17.8 Å². The van der Waals surface area contributed by atoms with E-state index in [-0.39, 0.29) is 17.3 Å². The maximum Gasteiger partial charge on any atom is 0.334 e. The van der Waals surface area contributed by atoms with Gasteiger partial charge in [0.2, 0.25) is 5.91 Å². The lowest BCUT2D eigenvalue weighted by atomic mass is 10.2. The number of hydrogen-bond acceptors (Lipinski definition) is 5. The van der Waals surface area contributed by atoms with Gasteiger partial charge in [-0.05, 0) is 25.0 Å². The summed E-state index contributed by atoms with van der Waals surface area (Å²) in [6.07, 6.45) is 3.17. The van der Waals surface area contributed by atoms with Crippen molar-refractivity contribution >= 4 is 29.4 Å². The molecule has 1 aliphatic heterocycles. The number of carbonyl (C=O) groups is 4. The number of nitrogens with zero attached hydrogens (tertiary/aromatic N) is 3. The first kappa shape index (κ1) is 16.6. The number of urea groups is 1. The molecule has 5 amide bonds. The molecule has 25 heavy (non-hydrogen) atoms. The fourth-order valence-corrected chi connectivity index (χ4v) is 3.17. The lowest BCUT2D eigenvalue weighted by Crippen LogP contribution is -2.41. The second kappa shape index (κ2) is 6.73. The van der Waals surface area contributed by atoms with Crippen LogP contribution in [0.4, 0.5) is 10.5 Å². The van der Waals surface area contributed by atoms with E-state index < -0.39 is 30.3 Å². The van der Waals surface area contributed by atoms with Crippen molar-refractivity contribution in [3.05, 3.63) is 29.8 Å². The minimum atomic E-state index is -0.986. The van der Waals surface area contributed by atoms with Gasteiger partial charge in [-0.15, -0.1) is 0 Å². The van der Waals surface area contributed by atoms with E-state index in [4.69, 9.17) is 5.26 Å². The first-order valence-electron chi connectivity index (χ1n) is 8.01. The van der Waals surface area contributed by atoms with Gasteiger partial charge in [-0.3, -0.25) is 19.3 Å². The molecule has 2 fully saturated rings. The molecular weight excluding hydrogens is 324 g/mol. The zero-order valence-corrected chi connectivity index (χ0v) is 13.4. The van der Waals surface area contributed by atoms with Crippen LogP contribution in [0.5, 0.6) is 0 Å². The fraction of sp³-hybridized carbons (Fsp3) is 0.353. The minimum Gasteiger partial charge on any atom is -0.323 e. The van der Waals surface area contributed by atoms with Gasteiger partial charge in [0.05, 0.1) is 11.3 Å². The molecule has 1 N–H and O–H groups in total. The summed E-state index contributed by atoms with van der Waals surface area (Å²) in [7, 11) is 0. The first-order valence-corrected chi connectivity index (χ1v) is 8.01. The molecule has 2 aliphatic rings. The molecular formula is C17H16N4O4. The summed E-state index contributed by atoms with van der Waals surface area (Å²) in [4.78, 5) is 50.4. The monoisotopic (exact) mass is 340 g/mol. The van der Waals surface area contributed by atoms with Gasteiger partial charge in [-0.2, -0.15) is 5.26 Å². The summed E-state index contributed by atoms with van der Waals surface area (Å²) < 4.78 is 0. The normalized spacial score (nSPS) is 18.0. The van der Waals surface area contributed by atoms with E-state index in [1.807, 2.05) is 6.07 Å². The van der Waals surface area contributed by atoms with E-state index in [0.29, 0.717) is 17.7 Å². The smallest absolute Gasteiger partial charge is 0.323 e. The SMILES string of the molecule is N#Cc1ccccc1NC(=O)CN1C(=O)C(=O)N(C2CCCC2)C1=O. The highest BCUT2D eigenvalue weighted by Gasteiger charge is 2.48. The Labute approximate surface area is 144 Å². The van der Waals surface area contributed by atoms with Gasteiger partial charge in [-0.25, -0.2) is 9.69 Å².